The average molecular weight is 156 g/mol. The molecule has 0 aromatic carbocycles. The van der Waals surface area contributed by atoms with Crippen LogP contribution < -0.4 is 0 Å². The molecule has 0 aromatic heterocycles. The number of aliphatic carboxylic acids is 1. The van der Waals surface area contributed by atoms with Crippen LogP contribution in [0.15, 0.2) is 12.7 Å². The van der Waals surface area contributed by atoms with E-state index >= 15 is 0 Å². The quantitative estimate of drug-likeness (QED) is 0.608. The van der Waals surface area contributed by atoms with Gasteiger partial charge in [0.1, 0.15) is 0 Å². The second kappa shape index (κ2) is 3.53. The van der Waals surface area contributed by atoms with Gasteiger partial charge in [0, 0.05) is 6.61 Å². The molecule has 62 valence electrons. The third-order valence-corrected chi connectivity index (χ3v) is 1.92. The molecule has 0 bridgehead atoms. The molecule has 1 heterocycles. The van der Waals surface area contributed by atoms with Gasteiger partial charge in [0.15, 0.2) is 0 Å². The topological polar surface area (TPSA) is 46.5 Å². The Morgan fingerprint density at radius 3 is 2.91 bits per heavy atom. The van der Waals surface area contributed by atoms with Crippen molar-refractivity contribution in [2.75, 3.05) is 6.61 Å². The summed E-state index contributed by atoms with van der Waals surface area (Å²) < 4.78 is 5.20. The lowest BCUT2D eigenvalue weighted by atomic mass is 9.95. The van der Waals surface area contributed by atoms with Crippen molar-refractivity contribution in [1.29, 1.82) is 0 Å². The fourth-order valence-electron chi connectivity index (χ4n) is 1.30. The molecule has 11 heavy (non-hydrogen) atoms. The monoisotopic (exact) mass is 156 g/mol. The zero-order chi connectivity index (χ0) is 8.27. The molecule has 1 aliphatic rings. The van der Waals surface area contributed by atoms with Crippen LogP contribution in [0.25, 0.3) is 0 Å². The average Bonchev–Trinajstić information content (AvgIpc) is 2.04. The summed E-state index contributed by atoms with van der Waals surface area (Å²) in [5, 5.41) is 8.71. The lowest BCUT2D eigenvalue weighted by molar-refractivity contribution is -0.149. The van der Waals surface area contributed by atoms with E-state index < -0.39 is 5.97 Å². The van der Waals surface area contributed by atoms with Crippen LogP contribution in [0, 0.1) is 5.92 Å². The fourth-order valence-corrected chi connectivity index (χ4v) is 1.30. The first kappa shape index (κ1) is 8.27. The zero-order valence-electron chi connectivity index (χ0n) is 6.32. The summed E-state index contributed by atoms with van der Waals surface area (Å²) in [6.07, 6.45) is 2.81. The summed E-state index contributed by atoms with van der Waals surface area (Å²) in [5.74, 6) is -1.17. The maximum absolute atomic E-state index is 10.6. The number of rotatable bonds is 2. The SMILES string of the molecule is C=C[C@@H]1OCCC[C@@H]1C(=O)O. The van der Waals surface area contributed by atoms with Gasteiger partial charge in [-0.25, -0.2) is 0 Å². The number of carboxylic acids is 1. The third kappa shape index (κ3) is 1.80. The van der Waals surface area contributed by atoms with Crippen LogP contribution in [0.1, 0.15) is 12.8 Å². The molecular formula is C8H12O3. The minimum absolute atomic E-state index is 0.291. The Morgan fingerprint density at radius 2 is 2.45 bits per heavy atom. The second-order valence-corrected chi connectivity index (χ2v) is 2.66. The number of carboxylic acid groups (broad SMARTS) is 1. The summed E-state index contributed by atoms with van der Waals surface area (Å²) in [6.45, 7) is 4.18. The molecule has 3 heteroatoms. The molecule has 1 saturated heterocycles. The van der Waals surface area contributed by atoms with Crippen molar-refractivity contribution in [2.45, 2.75) is 18.9 Å². The molecular weight excluding hydrogens is 144 g/mol. The van der Waals surface area contributed by atoms with Gasteiger partial charge in [-0.2, -0.15) is 0 Å². The summed E-state index contributed by atoms with van der Waals surface area (Å²) in [5.41, 5.74) is 0. The first-order valence-corrected chi connectivity index (χ1v) is 3.72. The molecule has 0 spiro atoms. The molecule has 3 nitrogen and oxygen atoms in total. The van der Waals surface area contributed by atoms with Gasteiger partial charge >= 0.3 is 5.97 Å². The standard InChI is InChI=1S/C8H12O3/c1-2-7-6(8(9)10)4-3-5-11-7/h2,6-7H,1,3-5H2,(H,9,10)/t6-,7-/m0/s1. The van der Waals surface area contributed by atoms with E-state index in [1.165, 1.54) is 0 Å². The van der Waals surface area contributed by atoms with Crippen molar-refractivity contribution in [3.8, 4) is 0 Å². The van der Waals surface area contributed by atoms with E-state index in [1.807, 2.05) is 0 Å². The van der Waals surface area contributed by atoms with Crippen LogP contribution in [0.3, 0.4) is 0 Å². The van der Waals surface area contributed by atoms with Crippen LogP contribution >= 0.6 is 0 Å². The third-order valence-electron chi connectivity index (χ3n) is 1.92. The van der Waals surface area contributed by atoms with E-state index in [0.717, 1.165) is 6.42 Å². The summed E-state index contributed by atoms with van der Waals surface area (Å²) in [6, 6.07) is 0. The molecule has 1 N–H and O–H groups in total. The Morgan fingerprint density at radius 1 is 1.73 bits per heavy atom. The maximum atomic E-state index is 10.6. The van der Waals surface area contributed by atoms with Crippen molar-refractivity contribution in [1.82, 2.24) is 0 Å². The summed E-state index contributed by atoms with van der Waals surface area (Å²) in [4.78, 5) is 10.6. The lowest BCUT2D eigenvalue weighted by Gasteiger charge is -2.25. The van der Waals surface area contributed by atoms with Crippen molar-refractivity contribution in [3.05, 3.63) is 12.7 Å². The molecule has 0 aromatic rings. The molecule has 2 atom stereocenters. The highest BCUT2D eigenvalue weighted by atomic mass is 16.5. The van der Waals surface area contributed by atoms with Gasteiger partial charge in [-0.3, -0.25) is 4.79 Å². The highest BCUT2D eigenvalue weighted by Crippen LogP contribution is 2.21. The van der Waals surface area contributed by atoms with Crippen LogP contribution in [-0.2, 0) is 9.53 Å². The van der Waals surface area contributed by atoms with Crippen molar-refractivity contribution in [3.63, 3.8) is 0 Å². The van der Waals surface area contributed by atoms with Crippen molar-refractivity contribution >= 4 is 5.97 Å². The van der Waals surface area contributed by atoms with Gasteiger partial charge in [0.25, 0.3) is 0 Å². The van der Waals surface area contributed by atoms with E-state index in [2.05, 4.69) is 6.58 Å². The Hall–Kier alpha value is -0.830. The van der Waals surface area contributed by atoms with Gasteiger partial charge in [0.2, 0.25) is 0 Å². The Bertz CT molecular complexity index is 165. The maximum Gasteiger partial charge on any atom is 0.309 e. The minimum Gasteiger partial charge on any atom is -0.481 e. The molecule has 0 unspecified atom stereocenters. The van der Waals surface area contributed by atoms with Crippen LogP contribution in [0.5, 0.6) is 0 Å². The predicted octanol–water partition coefficient (Wildman–Crippen LogP) is 1.05. The van der Waals surface area contributed by atoms with Crippen LogP contribution in [0.2, 0.25) is 0 Å². The predicted molar refractivity (Wildman–Crippen MR) is 40.3 cm³/mol. The van der Waals surface area contributed by atoms with E-state index in [9.17, 15) is 4.79 Å². The summed E-state index contributed by atoms with van der Waals surface area (Å²) >= 11 is 0. The van der Waals surface area contributed by atoms with E-state index in [1.54, 1.807) is 6.08 Å². The molecule has 1 fully saturated rings. The van der Waals surface area contributed by atoms with Gasteiger partial charge in [-0.05, 0) is 12.8 Å². The molecule has 0 aliphatic carbocycles. The van der Waals surface area contributed by atoms with Gasteiger partial charge in [-0.1, -0.05) is 6.08 Å². The fraction of sp³-hybridized carbons (Fsp3) is 0.625. The highest BCUT2D eigenvalue weighted by Gasteiger charge is 2.29. The minimum atomic E-state index is -0.783. The molecule has 1 aliphatic heterocycles. The van der Waals surface area contributed by atoms with Crippen LogP contribution in [0.4, 0.5) is 0 Å². The second-order valence-electron chi connectivity index (χ2n) is 2.66. The van der Waals surface area contributed by atoms with E-state index in [-0.39, 0.29) is 12.0 Å². The van der Waals surface area contributed by atoms with Crippen molar-refractivity contribution in [2.24, 2.45) is 5.92 Å². The smallest absolute Gasteiger partial charge is 0.309 e. The van der Waals surface area contributed by atoms with Gasteiger partial charge < -0.3 is 9.84 Å². The molecule has 0 amide bonds. The normalized spacial score (nSPS) is 31.3. The lowest BCUT2D eigenvalue weighted by Crippen LogP contribution is -2.33. The first-order chi connectivity index (χ1) is 5.25. The molecule has 0 saturated carbocycles. The molecule has 0 radical (unpaired) electrons. The Labute approximate surface area is 65.7 Å². The van der Waals surface area contributed by atoms with Crippen molar-refractivity contribution < 1.29 is 14.6 Å². The Kier molecular flexibility index (Phi) is 2.65. The Balaban J connectivity index is 2.58. The summed E-state index contributed by atoms with van der Waals surface area (Å²) in [7, 11) is 0. The number of hydrogen-bond acceptors (Lipinski definition) is 2. The van der Waals surface area contributed by atoms with Gasteiger partial charge in [0.05, 0.1) is 12.0 Å². The number of ether oxygens (including phenoxy) is 1. The van der Waals surface area contributed by atoms with E-state index in [4.69, 9.17) is 9.84 Å². The van der Waals surface area contributed by atoms with Crippen LogP contribution in [-0.4, -0.2) is 23.8 Å². The largest absolute Gasteiger partial charge is 0.481 e. The number of hydrogen-bond donors (Lipinski definition) is 1. The first-order valence-electron chi connectivity index (χ1n) is 3.72. The number of carbonyl (C=O) groups is 1. The van der Waals surface area contributed by atoms with E-state index in [0.29, 0.717) is 13.0 Å². The highest BCUT2D eigenvalue weighted by molar-refractivity contribution is 5.71. The molecule has 1 rings (SSSR count). The zero-order valence-corrected chi connectivity index (χ0v) is 6.32. The van der Waals surface area contributed by atoms with Gasteiger partial charge in [-0.15, -0.1) is 6.58 Å².